The lowest BCUT2D eigenvalue weighted by Crippen LogP contribution is -2.31. The number of halogens is 1. The SMILES string of the molecule is CCOc1ccc(C(=O)N2CCC(Oc3ncccc3Br)C2)cc1OCC. The number of hydrogen-bond donors (Lipinski definition) is 0. The van der Waals surface area contributed by atoms with Crippen LogP contribution in [-0.2, 0) is 0 Å². The highest BCUT2D eigenvalue weighted by molar-refractivity contribution is 9.10. The van der Waals surface area contributed by atoms with Crippen LogP contribution in [0, 0.1) is 0 Å². The zero-order valence-electron chi connectivity index (χ0n) is 15.5. The molecule has 3 rings (SSSR count). The first-order valence-corrected chi connectivity index (χ1v) is 9.87. The van der Waals surface area contributed by atoms with Gasteiger partial charge in [-0.2, -0.15) is 0 Å². The van der Waals surface area contributed by atoms with Crippen molar-refractivity contribution in [1.29, 1.82) is 0 Å². The lowest BCUT2D eigenvalue weighted by atomic mass is 10.1. The Morgan fingerprint density at radius 3 is 2.74 bits per heavy atom. The van der Waals surface area contributed by atoms with Crippen LogP contribution >= 0.6 is 15.9 Å². The third kappa shape index (κ3) is 4.71. The summed E-state index contributed by atoms with van der Waals surface area (Å²) in [5, 5.41) is 0. The highest BCUT2D eigenvalue weighted by Crippen LogP contribution is 2.30. The van der Waals surface area contributed by atoms with Crippen molar-refractivity contribution in [2.24, 2.45) is 0 Å². The highest BCUT2D eigenvalue weighted by atomic mass is 79.9. The summed E-state index contributed by atoms with van der Waals surface area (Å²) in [6.45, 7) is 6.05. The molecule has 2 heterocycles. The molecule has 7 heteroatoms. The van der Waals surface area contributed by atoms with Crippen LogP contribution in [0.15, 0.2) is 41.0 Å². The largest absolute Gasteiger partial charge is 0.490 e. The molecule has 144 valence electrons. The van der Waals surface area contributed by atoms with Crippen LogP contribution in [0.3, 0.4) is 0 Å². The minimum absolute atomic E-state index is 0.0369. The number of benzene rings is 1. The van der Waals surface area contributed by atoms with Gasteiger partial charge in [-0.1, -0.05) is 0 Å². The predicted molar refractivity (Wildman–Crippen MR) is 106 cm³/mol. The van der Waals surface area contributed by atoms with E-state index in [9.17, 15) is 4.79 Å². The first-order valence-electron chi connectivity index (χ1n) is 9.08. The number of ether oxygens (including phenoxy) is 3. The van der Waals surface area contributed by atoms with E-state index in [0.717, 1.165) is 10.9 Å². The van der Waals surface area contributed by atoms with Crippen molar-refractivity contribution < 1.29 is 19.0 Å². The molecule has 1 saturated heterocycles. The summed E-state index contributed by atoms with van der Waals surface area (Å²) in [5.41, 5.74) is 0.585. The average molecular weight is 435 g/mol. The second-order valence-electron chi connectivity index (χ2n) is 6.10. The van der Waals surface area contributed by atoms with Gasteiger partial charge in [0.05, 0.1) is 24.2 Å². The maximum atomic E-state index is 12.9. The van der Waals surface area contributed by atoms with E-state index in [1.165, 1.54) is 0 Å². The molecule has 6 nitrogen and oxygen atoms in total. The van der Waals surface area contributed by atoms with Crippen LogP contribution in [0.5, 0.6) is 17.4 Å². The summed E-state index contributed by atoms with van der Waals surface area (Å²) < 4.78 is 17.9. The summed E-state index contributed by atoms with van der Waals surface area (Å²) in [4.78, 5) is 18.9. The molecule has 27 heavy (non-hydrogen) atoms. The number of amides is 1. The van der Waals surface area contributed by atoms with Crippen LogP contribution in [0.1, 0.15) is 30.6 Å². The number of pyridine rings is 1. The average Bonchev–Trinajstić information content (AvgIpc) is 3.13. The van der Waals surface area contributed by atoms with Gasteiger partial charge < -0.3 is 19.1 Å². The topological polar surface area (TPSA) is 60.9 Å². The number of rotatable bonds is 7. The van der Waals surface area contributed by atoms with Gasteiger partial charge in [-0.05, 0) is 60.1 Å². The Labute approximate surface area is 167 Å². The fourth-order valence-electron chi connectivity index (χ4n) is 2.99. The van der Waals surface area contributed by atoms with Crippen molar-refractivity contribution in [3.8, 4) is 17.4 Å². The minimum atomic E-state index is -0.0748. The number of carbonyl (C=O) groups excluding carboxylic acids is 1. The van der Waals surface area contributed by atoms with Crippen molar-refractivity contribution in [3.05, 3.63) is 46.6 Å². The molecule has 1 unspecified atom stereocenters. The molecule has 2 aromatic rings. The van der Waals surface area contributed by atoms with E-state index >= 15 is 0 Å². The molecule has 0 aliphatic carbocycles. The number of nitrogens with zero attached hydrogens (tertiary/aromatic N) is 2. The van der Waals surface area contributed by atoms with Gasteiger partial charge in [-0.15, -0.1) is 0 Å². The van der Waals surface area contributed by atoms with Crippen LogP contribution in [0.25, 0.3) is 0 Å². The second-order valence-corrected chi connectivity index (χ2v) is 6.95. The van der Waals surface area contributed by atoms with Crippen molar-refractivity contribution in [2.75, 3.05) is 26.3 Å². The Kier molecular flexibility index (Phi) is 6.55. The lowest BCUT2D eigenvalue weighted by molar-refractivity contribution is 0.0770. The van der Waals surface area contributed by atoms with E-state index in [4.69, 9.17) is 14.2 Å². The molecule has 1 aliphatic heterocycles. The molecule has 1 aliphatic rings. The third-order valence-electron chi connectivity index (χ3n) is 4.23. The van der Waals surface area contributed by atoms with Crippen molar-refractivity contribution in [1.82, 2.24) is 9.88 Å². The molecular formula is C20H23BrN2O4. The molecule has 0 radical (unpaired) electrons. The lowest BCUT2D eigenvalue weighted by Gasteiger charge is -2.18. The Morgan fingerprint density at radius 1 is 1.22 bits per heavy atom. The van der Waals surface area contributed by atoms with Gasteiger partial charge in [0.25, 0.3) is 5.91 Å². The molecule has 1 fully saturated rings. The van der Waals surface area contributed by atoms with E-state index < -0.39 is 0 Å². The highest BCUT2D eigenvalue weighted by Gasteiger charge is 2.29. The maximum absolute atomic E-state index is 12.9. The van der Waals surface area contributed by atoms with Crippen molar-refractivity contribution in [3.63, 3.8) is 0 Å². The quantitative estimate of drug-likeness (QED) is 0.660. The van der Waals surface area contributed by atoms with Gasteiger partial charge in [0.1, 0.15) is 6.10 Å². The van der Waals surface area contributed by atoms with E-state index in [-0.39, 0.29) is 12.0 Å². The Balaban J connectivity index is 1.68. The van der Waals surface area contributed by atoms with Crippen molar-refractivity contribution in [2.45, 2.75) is 26.4 Å². The standard InChI is InChI=1S/C20H23BrN2O4/c1-3-25-17-8-7-14(12-18(17)26-4-2)20(24)23-11-9-15(13-23)27-19-16(21)6-5-10-22-19/h5-8,10,12,15H,3-4,9,11,13H2,1-2H3. The Hall–Kier alpha value is -2.28. The molecule has 0 N–H and O–H groups in total. The van der Waals surface area contributed by atoms with Crippen LogP contribution in [0.2, 0.25) is 0 Å². The number of aromatic nitrogens is 1. The van der Waals surface area contributed by atoms with Crippen LogP contribution in [0.4, 0.5) is 0 Å². The summed E-state index contributed by atoms with van der Waals surface area (Å²) in [6, 6.07) is 9.04. The maximum Gasteiger partial charge on any atom is 0.254 e. The van der Waals surface area contributed by atoms with Gasteiger partial charge in [0, 0.05) is 24.7 Å². The van der Waals surface area contributed by atoms with Gasteiger partial charge in [-0.25, -0.2) is 4.98 Å². The Bertz CT molecular complexity index is 799. The fraction of sp³-hybridized carbons (Fsp3) is 0.400. The van der Waals surface area contributed by atoms with E-state index in [1.54, 1.807) is 29.3 Å². The molecule has 1 aromatic heterocycles. The zero-order chi connectivity index (χ0) is 19.2. The smallest absolute Gasteiger partial charge is 0.254 e. The number of carbonyl (C=O) groups is 1. The molecule has 1 atom stereocenters. The van der Waals surface area contributed by atoms with Crippen molar-refractivity contribution >= 4 is 21.8 Å². The number of likely N-dealkylation sites (tertiary alicyclic amines) is 1. The van der Waals surface area contributed by atoms with Crippen LogP contribution in [-0.4, -0.2) is 48.2 Å². The van der Waals surface area contributed by atoms with Gasteiger partial charge in [-0.3, -0.25) is 4.79 Å². The normalized spacial score (nSPS) is 16.3. The summed E-state index contributed by atoms with van der Waals surface area (Å²) in [7, 11) is 0. The first kappa shape index (κ1) is 19.5. The predicted octanol–water partition coefficient (Wildman–Crippen LogP) is 3.94. The molecule has 0 bridgehead atoms. The molecule has 0 spiro atoms. The number of hydrogen-bond acceptors (Lipinski definition) is 5. The fourth-order valence-corrected chi connectivity index (χ4v) is 3.34. The molecule has 1 amide bonds. The second kappa shape index (κ2) is 9.08. The van der Waals surface area contributed by atoms with E-state index in [1.807, 2.05) is 26.0 Å². The molecule has 1 aromatic carbocycles. The van der Waals surface area contributed by atoms with Crippen LogP contribution < -0.4 is 14.2 Å². The summed E-state index contributed by atoms with van der Waals surface area (Å²) in [5.74, 6) is 1.76. The molecule has 0 saturated carbocycles. The third-order valence-corrected chi connectivity index (χ3v) is 4.83. The zero-order valence-corrected chi connectivity index (χ0v) is 17.1. The van der Waals surface area contributed by atoms with E-state index in [0.29, 0.717) is 49.2 Å². The minimum Gasteiger partial charge on any atom is -0.490 e. The monoisotopic (exact) mass is 434 g/mol. The first-order chi connectivity index (χ1) is 13.1. The van der Waals surface area contributed by atoms with Gasteiger partial charge in [0.15, 0.2) is 11.5 Å². The van der Waals surface area contributed by atoms with Gasteiger partial charge >= 0.3 is 0 Å². The summed E-state index contributed by atoms with van der Waals surface area (Å²) in [6.07, 6.45) is 2.38. The summed E-state index contributed by atoms with van der Waals surface area (Å²) >= 11 is 3.43. The van der Waals surface area contributed by atoms with Gasteiger partial charge in [0.2, 0.25) is 5.88 Å². The Morgan fingerprint density at radius 2 is 2.00 bits per heavy atom. The van der Waals surface area contributed by atoms with E-state index in [2.05, 4.69) is 20.9 Å². The molecular weight excluding hydrogens is 412 g/mol.